The molecule has 2 N–H and O–H groups in total. The highest BCUT2D eigenvalue weighted by molar-refractivity contribution is 14.0. The van der Waals surface area contributed by atoms with Crippen LogP contribution < -0.4 is 10.6 Å². The van der Waals surface area contributed by atoms with Crippen LogP contribution >= 0.6 is 24.0 Å². The van der Waals surface area contributed by atoms with E-state index in [-0.39, 0.29) is 30.5 Å². The second kappa shape index (κ2) is 8.90. The highest BCUT2D eigenvalue weighted by atomic mass is 127. The summed E-state index contributed by atoms with van der Waals surface area (Å²) >= 11 is 0. The highest BCUT2D eigenvalue weighted by Crippen LogP contribution is 2.18. The van der Waals surface area contributed by atoms with Crippen molar-refractivity contribution in [2.75, 3.05) is 13.6 Å². The molecule has 0 fully saturated rings. The number of nitrogens with zero attached hydrogens (tertiary/aromatic N) is 2. The molecule has 0 aliphatic heterocycles. The van der Waals surface area contributed by atoms with Gasteiger partial charge in [0.25, 0.3) is 0 Å². The summed E-state index contributed by atoms with van der Waals surface area (Å²) in [6.07, 6.45) is -3.36. The van der Waals surface area contributed by atoms with Gasteiger partial charge < -0.3 is 10.6 Å². The number of alkyl halides is 3. The smallest absolute Gasteiger partial charge is 0.356 e. The quantitative estimate of drug-likeness (QED) is 0.437. The zero-order chi connectivity index (χ0) is 16.0. The first-order valence-corrected chi connectivity index (χ1v) is 6.83. The molecule has 1 aromatic heterocycles. The monoisotopic (exact) mass is 438 g/mol. The maximum absolute atomic E-state index is 12.1. The number of aliphatic imine (C=N–C) groups is 1. The van der Waals surface area contributed by atoms with Crippen LogP contribution in [0, 0.1) is 0 Å². The van der Waals surface area contributed by atoms with Crippen LogP contribution in [-0.4, -0.2) is 30.7 Å². The van der Waals surface area contributed by atoms with Crippen LogP contribution in [0.15, 0.2) is 41.5 Å². The molecule has 2 rings (SSSR count). The van der Waals surface area contributed by atoms with Gasteiger partial charge in [-0.05, 0) is 17.7 Å². The molecule has 0 amide bonds. The first-order valence-electron chi connectivity index (χ1n) is 6.83. The maximum atomic E-state index is 12.1. The fourth-order valence-corrected chi connectivity index (χ4v) is 2.03. The number of pyridine rings is 1. The van der Waals surface area contributed by atoms with Crippen molar-refractivity contribution >= 4 is 40.8 Å². The Morgan fingerprint density at radius 1 is 1.17 bits per heavy atom. The number of para-hydroxylation sites is 1. The lowest BCUT2D eigenvalue weighted by Crippen LogP contribution is -2.38. The zero-order valence-corrected chi connectivity index (χ0v) is 14.9. The molecule has 1 aromatic carbocycles. The molecule has 126 valence electrons. The number of hydrogen-bond donors (Lipinski definition) is 2. The van der Waals surface area contributed by atoms with Crippen LogP contribution in [0.25, 0.3) is 10.9 Å². The lowest BCUT2D eigenvalue weighted by Gasteiger charge is -2.13. The van der Waals surface area contributed by atoms with Gasteiger partial charge in [0.15, 0.2) is 5.96 Å². The third-order valence-electron chi connectivity index (χ3n) is 3.11. The van der Waals surface area contributed by atoms with E-state index in [1.54, 1.807) is 6.20 Å². The molecule has 0 atom stereocenters. The predicted molar refractivity (Wildman–Crippen MR) is 96.0 cm³/mol. The molecule has 0 radical (unpaired) electrons. The second-order valence-electron chi connectivity index (χ2n) is 4.70. The molecule has 0 saturated heterocycles. The molecule has 2 aromatic rings. The Morgan fingerprint density at radius 2 is 1.91 bits per heavy atom. The molecule has 0 bridgehead atoms. The molecule has 4 nitrogen and oxygen atoms in total. The van der Waals surface area contributed by atoms with Crippen LogP contribution in [0.3, 0.4) is 0 Å². The van der Waals surface area contributed by atoms with Crippen LogP contribution in [0.4, 0.5) is 13.2 Å². The fraction of sp³-hybridized carbons (Fsp3) is 0.333. The number of guanidine groups is 1. The molecule has 0 aliphatic carbocycles. The van der Waals surface area contributed by atoms with E-state index >= 15 is 0 Å². The van der Waals surface area contributed by atoms with Crippen LogP contribution in [0.5, 0.6) is 0 Å². The second-order valence-corrected chi connectivity index (χ2v) is 4.70. The topological polar surface area (TPSA) is 49.3 Å². The number of halogens is 4. The Labute approximate surface area is 149 Å². The number of hydrogen-bond acceptors (Lipinski definition) is 2. The Morgan fingerprint density at radius 3 is 2.61 bits per heavy atom. The molecular weight excluding hydrogens is 420 g/mol. The van der Waals surface area contributed by atoms with Crippen molar-refractivity contribution in [1.82, 2.24) is 15.6 Å². The predicted octanol–water partition coefficient (Wildman–Crippen LogP) is 3.47. The van der Waals surface area contributed by atoms with E-state index in [1.165, 1.54) is 7.05 Å². The minimum atomic E-state index is -4.17. The number of aromatic nitrogens is 1. The molecule has 0 unspecified atom stereocenters. The average Bonchev–Trinajstić information content (AvgIpc) is 2.49. The van der Waals surface area contributed by atoms with Gasteiger partial charge in [-0.2, -0.15) is 13.2 Å². The molecule has 0 aliphatic rings. The minimum absolute atomic E-state index is 0. The van der Waals surface area contributed by atoms with Crippen molar-refractivity contribution in [2.24, 2.45) is 4.99 Å². The van der Waals surface area contributed by atoms with E-state index in [4.69, 9.17) is 0 Å². The first-order chi connectivity index (χ1) is 10.5. The van der Waals surface area contributed by atoms with Crippen molar-refractivity contribution in [3.8, 4) is 0 Å². The Balaban J connectivity index is 0.00000264. The van der Waals surface area contributed by atoms with Gasteiger partial charge in [0, 0.05) is 31.7 Å². The summed E-state index contributed by atoms with van der Waals surface area (Å²) in [5.41, 5.74) is 1.88. The van der Waals surface area contributed by atoms with Crippen molar-refractivity contribution in [2.45, 2.75) is 19.1 Å². The van der Waals surface area contributed by atoms with Gasteiger partial charge in [-0.3, -0.25) is 9.98 Å². The lowest BCUT2D eigenvalue weighted by atomic mass is 10.1. The van der Waals surface area contributed by atoms with Crippen molar-refractivity contribution < 1.29 is 13.2 Å². The van der Waals surface area contributed by atoms with Gasteiger partial charge >= 0.3 is 6.18 Å². The third kappa shape index (κ3) is 6.20. The van der Waals surface area contributed by atoms with Gasteiger partial charge in [0.1, 0.15) is 0 Å². The zero-order valence-electron chi connectivity index (χ0n) is 12.5. The normalized spacial score (nSPS) is 11.9. The standard InChI is InChI=1S/C15H17F3N4.HI/c1-19-14(21-9-7-15(16,17)18)22-10-11-6-8-20-13-5-3-2-4-12(11)13;/h2-6,8H,7,9-10H2,1H3,(H2,19,21,22);1H. The van der Waals surface area contributed by atoms with Crippen molar-refractivity contribution in [1.29, 1.82) is 0 Å². The van der Waals surface area contributed by atoms with Gasteiger partial charge in [-0.15, -0.1) is 24.0 Å². The minimum Gasteiger partial charge on any atom is -0.356 e. The number of rotatable bonds is 4. The fourth-order valence-electron chi connectivity index (χ4n) is 2.03. The summed E-state index contributed by atoms with van der Waals surface area (Å²) < 4.78 is 36.4. The Kier molecular flexibility index (Phi) is 7.53. The summed E-state index contributed by atoms with van der Waals surface area (Å²) in [4.78, 5) is 8.18. The number of benzene rings is 1. The SMILES string of the molecule is CN=C(NCCC(F)(F)F)NCc1ccnc2ccccc12.I. The summed E-state index contributed by atoms with van der Waals surface area (Å²) in [6, 6.07) is 9.57. The molecule has 0 spiro atoms. The summed E-state index contributed by atoms with van der Waals surface area (Å²) in [6.45, 7) is 0.245. The van der Waals surface area contributed by atoms with Gasteiger partial charge in [-0.25, -0.2) is 0 Å². The molecule has 8 heteroatoms. The number of nitrogens with one attached hydrogen (secondary N) is 2. The summed E-state index contributed by atoms with van der Waals surface area (Å²) in [5.74, 6) is 0.338. The largest absolute Gasteiger partial charge is 0.390 e. The van der Waals surface area contributed by atoms with E-state index in [0.717, 1.165) is 16.5 Å². The van der Waals surface area contributed by atoms with Crippen LogP contribution in [0.2, 0.25) is 0 Å². The summed E-state index contributed by atoms with van der Waals surface area (Å²) in [7, 11) is 1.52. The van der Waals surface area contributed by atoms with E-state index in [1.807, 2.05) is 30.3 Å². The first kappa shape index (κ1) is 19.5. The molecule has 23 heavy (non-hydrogen) atoms. The maximum Gasteiger partial charge on any atom is 0.390 e. The van der Waals surface area contributed by atoms with Gasteiger partial charge in [0.05, 0.1) is 11.9 Å². The third-order valence-corrected chi connectivity index (χ3v) is 3.11. The van der Waals surface area contributed by atoms with Crippen molar-refractivity contribution in [3.63, 3.8) is 0 Å². The van der Waals surface area contributed by atoms with E-state index in [0.29, 0.717) is 12.5 Å². The Hall–Kier alpha value is -1.58. The number of fused-ring (bicyclic) bond motifs is 1. The average molecular weight is 438 g/mol. The molecular formula is C15H18F3IN4. The van der Waals surface area contributed by atoms with Crippen LogP contribution in [-0.2, 0) is 6.54 Å². The van der Waals surface area contributed by atoms with E-state index in [2.05, 4.69) is 20.6 Å². The van der Waals surface area contributed by atoms with Gasteiger partial charge in [0.2, 0.25) is 0 Å². The summed E-state index contributed by atoms with van der Waals surface area (Å²) in [5, 5.41) is 6.66. The highest BCUT2D eigenvalue weighted by Gasteiger charge is 2.26. The molecule has 1 heterocycles. The Bertz CT molecular complexity index is 653. The molecule has 0 saturated carbocycles. The van der Waals surface area contributed by atoms with Crippen molar-refractivity contribution in [3.05, 3.63) is 42.1 Å². The lowest BCUT2D eigenvalue weighted by molar-refractivity contribution is -0.132. The van der Waals surface area contributed by atoms with Crippen LogP contribution in [0.1, 0.15) is 12.0 Å². The van der Waals surface area contributed by atoms with Gasteiger partial charge in [-0.1, -0.05) is 18.2 Å². The van der Waals surface area contributed by atoms with E-state index < -0.39 is 12.6 Å². The van der Waals surface area contributed by atoms with E-state index in [9.17, 15) is 13.2 Å².